The molecule has 0 saturated heterocycles. The Morgan fingerprint density at radius 2 is 1.54 bits per heavy atom. The second kappa shape index (κ2) is 18.9. The molecule has 192 valence electrons. The van der Waals surface area contributed by atoms with Gasteiger partial charge in [0.05, 0.1) is 12.5 Å². The largest absolute Gasteiger partial charge is 0.481 e. The molecule has 0 fully saturated rings. The number of carboxylic acid groups (broad SMARTS) is 3. The third kappa shape index (κ3) is 17.7. The van der Waals surface area contributed by atoms with Crippen molar-refractivity contribution in [2.24, 2.45) is 5.92 Å². The summed E-state index contributed by atoms with van der Waals surface area (Å²) in [5.41, 5.74) is 1.48. The Balaban J connectivity index is 4.41. The lowest BCUT2D eigenvalue weighted by Crippen LogP contribution is -2.10. The topological polar surface area (TPSA) is 121 Å². The zero-order chi connectivity index (χ0) is 26.6. The van der Waals surface area contributed by atoms with E-state index in [0.29, 0.717) is 6.42 Å². The number of aliphatic carboxylic acids is 3. The molecule has 0 aromatic rings. The van der Waals surface area contributed by atoms with Gasteiger partial charge in [-0.1, -0.05) is 67.7 Å². The highest BCUT2D eigenvalue weighted by Crippen LogP contribution is 2.12. The van der Waals surface area contributed by atoms with Crippen LogP contribution in [0.5, 0.6) is 0 Å². The Kier molecular flexibility index (Phi) is 17.1. The first-order valence-electron chi connectivity index (χ1n) is 11.5. The summed E-state index contributed by atoms with van der Waals surface area (Å²) >= 11 is 0. The summed E-state index contributed by atoms with van der Waals surface area (Å²) in [6.45, 7) is 5.44. The number of allylic oxidation sites excluding steroid dienone is 9. The molecule has 0 aliphatic heterocycles. The summed E-state index contributed by atoms with van der Waals surface area (Å²) in [5, 5.41) is 26.6. The number of carboxylic acids is 3. The van der Waals surface area contributed by atoms with Crippen molar-refractivity contribution in [1.29, 1.82) is 0 Å². The summed E-state index contributed by atoms with van der Waals surface area (Å²) in [6, 6.07) is 0. The van der Waals surface area contributed by atoms with Crippen LogP contribution in [0.4, 0.5) is 0 Å². The van der Waals surface area contributed by atoms with Crippen LogP contribution in [0, 0.1) is 5.92 Å². The molecule has 0 aromatic carbocycles. The summed E-state index contributed by atoms with van der Waals surface area (Å²) in [7, 11) is 1.63. The van der Waals surface area contributed by atoms with Gasteiger partial charge in [-0.25, -0.2) is 9.59 Å². The van der Waals surface area contributed by atoms with Gasteiger partial charge in [0.15, 0.2) is 0 Å². The molecule has 2 atom stereocenters. The third-order valence-corrected chi connectivity index (χ3v) is 4.94. The van der Waals surface area contributed by atoms with Crippen molar-refractivity contribution in [3.8, 4) is 0 Å². The van der Waals surface area contributed by atoms with E-state index in [0.717, 1.165) is 30.9 Å². The third-order valence-electron chi connectivity index (χ3n) is 4.94. The van der Waals surface area contributed by atoms with E-state index in [1.54, 1.807) is 32.3 Å². The molecule has 7 heteroatoms. The SMILES string of the molecule is CO[C@H](C/C=C\C=C\CC/C=C/C[C@H](C)/C=C/C(=C/C(=O)O)CC(=O)O)/C(C)=C\C=C(/C)C(=O)O. The average Bonchev–Trinajstić information content (AvgIpc) is 2.78. The molecule has 0 amide bonds. The second-order valence-electron chi connectivity index (χ2n) is 8.13. The van der Waals surface area contributed by atoms with Crippen LogP contribution in [-0.4, -0.2) is 46.4 Å². The van der Waals surface area contributed by atoms with Crippen LogP contribution in [0.25, 0.3) is 0 Å². The second-order valence-corrected chi connectivity index (χ2v) is 8.13. The van der Waals surface area contributed by atoms with Gasteiger partial charge in [-0.3, -0.25) is 4.79 Å². The Morgan fingerprint density at radius 1 is 0.886 bits per heavy atom. The number of rotatable bonds is 17. The molecule has 3 N–H and O–H groups in total. The van der Waals surface area contributed by atoms with Gasteiger partial charge in [0, 0.05) is 18.8 Å². The van der Waals surface area contributed by atoms with Crippen LogP contribution in [-0.2, 0) is 19.1 Å². The van der Waals surface area contributed by atoms with Crippen LogP contribution < -0.4 is 0 Å². The molecule has 0 aliphatic rings. The van der Waals surface area contributed by atoms with Gasteiger partial charge in [-0.2, -0.15) is 0 Å². The first-order chi connectivity index (χ1) is 16.6. The van der Waals surface area contributed by atoms with E-state index in [1.165, 1.54) is 0 Å². The van der Waals surface area contributed by atoms with Crippen molar-refractivity contribution >= 4 is 17.9 Å². The molecule has 0 rings (SSSR count). The van der Waals surface area contributed by atoms with E-state index in [-0.39, 0.29) is 29.6 Å². The predicted octanol–water partition coefficient (Wildman–Crippen LogP) is 5.89. The number of carbonyl (C=O) groups is 3. The van der Waals surface area contributed by atoms with Gasteiger partial charge in [0.25, 0.3) is 0 Å². The summed E-state index contributed by atoms with van der Waals surface area (Å²) in [4.78, 5) is 32.4. The van der Waals surface area contributed by atoms with Crippen LogP contribution in [0.1, 0.15) is 52.9 Å². The fraction of sp³-hybridized carbons (Fsp3) is 0.393. The maximum absolute atomic E-state index is 10.9. The fourth-order valence-electron chi connectivity index (χ4n) is 2.84. The number of ether oxygens (including phenoxy) is 1. The van der Waals surface area contributed by atoms with Gasteiger partial charge >= 0.3 is 17.9 Å². The molecule has 0 bridgehead atoms. The summed E-state index contributed by atoms with van der Waals surface area (Å²) in [5.74, 6) is -3.01. The molecule has 7 nitrogen and oxygen atoms in total. The van der Waals surface area contributed by atoms with Crippen LogP contribution >= 0.6 is 0 Å². The van der Waals surface area contributed by atoms with Gasteiger partial charge in [0.2, 0.25) is 0 Å². The van der Waals surface area contributed by atoms with Gasteiger partial charge in [-0.15, -0.1) is 0 Å². The smallest absolute Gasteiger partial charge is 0.331 e. The Labute approximate surface area is 208 Å². The Hall–Kier alpha value is -3.45. The first kappa shape index (κ1) is 31.6. The highest BCUT2D eigenvalue weighted by atomic mass is 16.5. The molecule has 0 unspecified atom stereocenters. The maximum atomic E-state index is 10.9. The van der Waals surface area contributed by atoms with Gasteiger partial charge in [-0.05, 0) is 56.6 Å². The molecule has 0 saturated carbocycles. The first-order valence-corrected chi connectivity index (χ1v) is 11.5. The zero-order valence-electron chi connectivity index (χ0n) is 21.0. The Bertz CT molecular complexity index is 898. The highest BCUT2D eigenvalue weighted by Gasteiger charge is 2.07. The molecular weight excluding hydrogens is 448 g/mol. The standard InChI is InChI=1S/C28H38O7/c1-21(15-18-24(19-26(29)30)20-27(31)32)13-11-9-7-5-6-8-10-12-14-25(35-4)22(2)16-17-23(3)28(33)34/h6,8-12,15-19,21,25H,5,7,13-14,20H2,1-4H3,(H,29,30)(H,31,32)(H,33,34)/b8-6+,11-9+,12-10-,18-15+,22-16-,23-17+,24-19-/t21-,25+/m0/s1. The van der Waals surface area contributed by atoms with E-state index in [2.05, 4.69) is 18.2 Å². The average molecular weight is 487 g/mol. The van der Waals surface area contributed by atoms with E-state index < -0.39 is 17.9 Å². The van der Waals surface area contributed by atoms with Gasteiger partial charge in [0.1, 0.15) is 0 Å². The minimum Gasteiger partial charge on any atom is -0.481 e. The molecule has 0 radical (unpaired) electrons. The number of hydrogen-bond donors (Lipinski definition) is 3. The van der Waals surface area contributed by atoms with Crippen LogP contribution in [0.15, 0.2) is 83.6 Å². The molecule has 0 aromatic heterocycles. The molecule has 0 aliphatic carbocycles. The van der Waals surface area contributed by atoms with Crippen molar-refractivity contribution in [2.75, 3.05) is 7.11 Å². The molecule has 0 spiro atoms. The van der Waals surface area contributed by atoms with E-state index >= 15 is 0 Å². The quantitative estimate of drug-likeness (QED) is 0.101. The lowest BCUT2D eigenvalue weighted by molar-refractivity contribution is -0.136. The van der Waals surface area contributed by atoms with E-state index in [1.807, 2.05) is 38.2 Å². The number of methoxy groups -OCH3 is 1. The normalized spacial score (nSPS) is 15.5. The lowest BCUT2D eigenvalue weighted by atomic mass is 10.0. The number of unbranched alkanes of at least 4 members (excludes halogenated alkanes) is 1. The zero-order valence-corrected chi connectivity index (χ0v) is 21.0. The van der Waals surface area contributed by atoms with Crippen LogP contribution in [0.2, 0.25) is 0 Å². The van der Waals surface area contributed by atoms with Crippen molar-refractivity contribution in [3.05, 3.63) is 83.6 Å². The summed E-state index contributed by atoms with van der Waals surface area (Å²) in [6.07, 6.45) is 22.6. The minimum absolute atomic E-state index is 0.115. The van der Waals surface area contributed by atoms with Crippen molar-refractivity contribution < 1.29 is 34.4 Å². The van der Waals surface area contributed by atoms with Crippen molar-refractivity contribution in [1.82, 2.24) is 0 Å². The monoisotopic (exact) mass is 486 g/mol. The summed E-state index contributed by atoms with van der Waals surface area (Å²) < 4.78 is 5.47. The Morgan fingerprint density at radius 3 is 2.14 bits per heavy atom. The predicted molar refractivity (Wildman–Crippen MR) is 138 cm³/mol. The molecular formula is C28H38O7. The van der Waals surface area contributed by atoms with Crippen molar-refractivity contribution in [3.63, 3.8) is 0 Å². The maximum Gasteiger partial charge on any atom is 0.331 e. The van der Waals surface area contributed by atoms with E-state index in [4.69, 9.17) is 20.1 Å². The minimum atomic E-state index is -1.16. The highest BCUT2D eigenvalue weighted by molar-refractivity contribution is 5.86. The molecule has 0 heterocycles. The fourth-order valence-corrected chi connectivity index (χ4v) is 2.84. The van der Waals surface area contributed by atoms with Gasteiger partial charge < -0.3 is 20.1 Å². The van der Waals surface area contributed by atoms with Crippen molar-refractivity contribution in [2.45, 2.75) is 59.0 Å². The number of hydrogen-bond acceptors (Lipinski definition) is 4. The van der Waals surface area contributed by atoms with Crippen LogP contribution in [0.3, 0.4) is 0 Å². The lowest BCUT2D eigenvalue weighted by Gasteiger charge is -2.13. The molecule has 35 heavy (non-hydrogen) atoms. The van der Waals surface area contributed by atoms with E-state index in [9.17, 15) is 14.4 Å².